The number of nitrogens with zero attached hydrogens (tertiary/aromatic N) is 1. The maximum Gasteiger partial charge on any atom is 0.407 e. The van der Waals surface area contributed by atoms with Crippen LogP contribution in [-0.2, 0) is 30.4 Å². The molecule has 0 heterocycles. The van der Waals surface area contributed by atoms with Crippen LogP contribution in [0.25, 0.3) is 0 Å². The Balaban J connectivity index is 1.66. The SMILES string of the molecule is COC(=O)N[C@H](C(=O)Nc1ccccc1S(=O)C[C@@H](CO)N(CCC(C)C)S(=O)(=O)c1ccc(N)cc1)C(c1ccccc1)c1ccccc1. The lowest BCUT2D eigenvalue weighted by atomic mass is 9.84. The molecule has 5 N–H and O–H groups in total. The molecule has 0 fully saturated rings. The minimum absolute atomic E-state index is 0.00267. The molecule has 4 aromatic rings. The van der Waals surface area contributed by atoms with Crippen molar-refractivity contribution in [3.05, 3.63) is 120 Å². The van der Waals surface area contributed by atoms with E-state index in [4.69, 9.17) is 10.5 Å². The van der Waals surface area contributed by atoms with Crippen LogP contribution >= 0.6 is 0 Å². The molecule has 11 nitrogen and oxygen atoms in total. The van der Waals surface area contributed by atoms with Gasteiger partial charge < -0.3 is 26.2 Å². The Labute approximate surface area is 296 Å². The normalized spacial score (nSPS) is 13.5. The fourth-order valence-electron chi connectivity index (χ4n) is 5.51. The molecule has 266 valence electrons. The lowest BCUT2D eigenvalue weighted by molar-refractivity contribution is -0.118. The van der Waals surface area contributed by atoms with Crippen LogP contribution in [0.4, 0.5) is 16.2 Å². The summed E-state index contributed by atoms with van der Waals surface area (Å²) in [5.74, 6) is -1.32. The molecule has 4 aromatic carbocycles. The summed E-state index contributed by atoms with van der Waals surface area (Å²) in [5, 5.41) is 16.0. The lowest BCUT2D eigenvalue weighted by Gasteiger charge is -2.30. The number of sulfonamides is 1. The number of carbonyl (C=O) groups excluding carboxylic acids is 2. The number of rotatable bonds is 16. The van der Waals surface area contributed by atoms with Gasteiger partial charge in [-0.05, 0) is 59.9 Å². The van der Waals surface area contributed by atoms with Crippen LogP contribution in [0.2, 0.25) is 0 Å². The van der Waals surface area contributed by atoms with Gasteiger partial charge in [-0.3, -0.25) is 9.00 Å². The Morgan fingerprint density at radius 2 is 1.44 bits per heavy atom. The standard InChI is InChI=1S/C37H44N4O7S2/c1-26(2)22-23-41(50(46,47)31-20-18-29(38)19-21-31)30(24-42)25-49(45)33-17-11-10-16-32(33)39-36(43)35(40-37(44)48-3)34(27-12-6-4-7-13-27)28-14-8-5-9-15-28/h4-21,26,30,34-35,42H,22-25,38H2,1-3H3,(H,39,43)(H,40,44)/t30-,35+,49?/m1/s1. The Kier molecular flexibility index (Phi) is 13.7. The molecule has 0 aliphatic carbocycles. The van der Waals surface area contributed by atoms with Gasteiger partial charge in [-0.1, -0.05) is 86.6 Å². The van der Waals surface area contributed by atoms with Crippen molar-refractivity contribution >= 4 is 44.2 Å². The van der Waals surface area contributed by atoms with Gasteiger partial charge in [0.05, 0.1) is 46.0 Å². The smallest absolute Gasteiger partial charge is 0.407 e. The second kappa shape index (κ2) is 17.9. The van der Waals surface area contributed by atoms with Crippen molar-refractivity contribution in [1.82, 2.24) is 9.62 Å². The van der Waals surface area contributed by atoms with E-state index in [-0.39, 0.29) is 33.7 Å². The van der Waals surface area contributed by atoms with Crippen molar-refractivity contribution in [3.63, 3.8) is 0 Å². The topological polar surface area (TPSA) is 168 Å². The number of nitrogens with two attached hydrogens (primary N) is 1. The van der Waals surface area contributed by atoms with Gasteiger partial charge in [-0.25, -0.2) is 13.2 Å². The van der Waals surface area contributed by atoms with Crippen molar-refractivity contribution in [1.29, 1.82) is 0 Å². The monoisotopic (exact) mass is 720 g/mol. The van der Waals surface area contributed by atoms with Crippen LogP contribution in [-0.4, -0.2) is 72.1 Å². The van der Waals surface area contributed by atoms with E-state index in [1.165, 1.54) is 35.7 Å². The van der Waals surface area contributed by atoms with Gasteiger partial charge in [0.2, 0.25) is 15.9 Å². The number of amides is 2. The first-order valence-electron chi connectivity index (χ1n) is 16.2. The van der Waals surface area contributed by atoms with E-state index in [1.54, 1.807) is 24.3 Å². The molecule has 4 rings (SSSR count). The Morgan fingerprint density at radius 3 is 1.98 bits per heavy atom. The average Bonchev–Trinajstić information content (AvgIpc) is 3.11. The van der Waals surface area contributed by atoms with E-state index in [2.05, 4.69) is 10.6 Å². The second-order valence-corrected chi connectivity index (χ2v) is 15.5. The van der Waals surface area contributed by atoms with Gasteiger partial charge in [-0.15, -0.1) is 0 Å². The fourth-order valence-corrected chi connectivity index (χ4v) is 8.65. The molecule has 2 amide bonds. The molecule has 0 aliphatic heterocycles. The number of alkyl carbamates (subject to hydrolysis) is 1. The molecular weight excluding hydrogens is 677 g/mol. The molecule has 0 aromatic heterocycles. The van der Waals surface area contributed by atoms with Crippen LogP contribution in [0.1, 0.15) is 37.3 Å². The number of anilines is 2. The molecule has 0 saturated heterocycles. The molecule has 0 spiro atoms. The zero-order valence-electron chi connectivity index (χ0n) is 28.3. The number of nitrogen functional groups attached to an aromatic ring is 1. The number of hydrogen-bond acceptors (Lipinski definition) is 8. The summed E-state index contributed by atoms with van der Waals surface area (Å²) < 4.78 is 47.8. The number of carbonyl (C=O) groups is 2. The zero-order chi connectivity index (χ0) is 36.3. The van der Waals surface area contributed by atoms with Crippen molar-refractivity contribution < 1.29 is 32.1 Å². The van der Waals surface area contributed by atoms with Crippen LogP contribution in [0, 0.1) is 5.92 Å². The molecule has 0 radical (unpaired) electrons. The van der Waals surface area contributed by atoms with E-state index in [1.807, 2.05) is 74.5 Å². The molecule has 0 aliphatic rings. The number of aliphatic hydroxyl groups excluding tert-OH is 1. The van der Waals surface area contributed by atoms with E-state index in [0.29, 0.717) is 12.1 Å². The number of nitrogens with one attached hydrogen (secondary N) is 2. The van der Waals surface area contributed by atoms with E-state index < -0.39 is 57.4 Å². The molecule has 0 bridgehead atoms. The largest absolute Gasteiger partial charge is 0.453 e. The summed E-state index contributed by atoms with van der Waals surface area (Å²) in [6.45, 7) is 3.42. The van der Waals surface area contributed by atoms with Gasteiger partial charge in [0.15, 0.2) is 0 Å². The first kappa shape index (κ1) is 38.2. The number of benzene rings is 4. The van der Waals surface area contributed by atoms with Crippen molar-refractivity contribution in [2.24, 2.45) is 5.92 Å². The number of para-hydroxylation sites is 1. The first-order valence-corrected chi connectivity index (χ1v) is 18.9. The first-order chi connectivity index (χ1) is 24.0. The van der Waals surface area contributed by atoms with Crippen LogP contribution in [0.3, 0.4) is 0 Å². The summed E-state index contributed by atoms with van der Waals surface area (Å²) in [5.41, 5.74) is 7.93. The van der Waals surface area contributed by atoms with Crippen molar-refractivity contribution in [2.45, 2.75) is 48.1 Å². The fraction of sp³-hybridized carbons (Fsp3) is 0.297. The lowest BCUT2D eigenvalue weighted by Crippen LogP contribution is -2.48. The van der Waals surface area contributed by atoms with Gasteiger partial charge in [0.25, 0.3) is 0 Å². The Bertz CT molecular complexity index is 1800. The molecule has 13 heteroatoms. The van der Waals surface area contributed by atoms with Gasteiger partial charge in [0.1, 0.15) is 6.04 Å². The third-order valence-corrected chi connectivity index (χ3v) is 11.7. The zero-order valence-corrected chi connectivity index (χ0v) is 29.9. The van der Waals surface area contributed by atoms with E-state index in [0.717, 1.165) is 11.1 Å². The number of aliphatic hydroxyl groups is 1. The number of methoxy groups -OCH3 is 1. The quantitative estimate of drug-likeness (QED) is 0.118. The highest BCUT2D eigenvalue weighted by atomic mass is 32.2. The number of hydrogen-bond donors (Lipinski definition) is 4. The average molecular weight is 721 g/mol. The van der Waals surface area contributed by atoms with Gasteiger partial charge in [-0.2, -0.15) is 4.31 Å². The highest BCUT2D eigenvalue weighted by Gasteiger charge is 2.35. The Morgan fingerprint density at radius 1 is 0.880 bits per heavy atom. The van der Waals surface area contributed by atoms with Gasteiger partial charge in [0, 0.05) is 23.9 Å². The number of ether oxygens (including phenoxy) is 1. The molecule has 1 unspecified atom stereocenters. The third kappa shape index (κ3) is 9.78. The summed E-state index contributed by atoms with van der Waals surface area (Å²) >= 11 is 0. The van der Waals surface area contributed by atoms with Crippen LogP contribution < -0.4 is 16.4 Å². The molecule has 50 heavy (non-hydrogen) atoms. The summed E-state index contributed by atoms with van der Waals surface area (Å²) in [6.07, 6.45) is -0.309. The maximum atomic E-state index is 14.2. The maximum absolute atomic E-state index is 14.2. The van der Waals surface area contributed by atoms with Crippen LogP contribution in [0.5, 0.6) is 0 Å². The van der Waals surface area contributed by atoms with Crippen LogP contribution in [0.15, 0.2) is 119 Å². The minimum Gasteiger partial charge on any atom is -0.453 e. The van der Waals surface area contributed by atoms with Crippen molar-refractivity contribution in [3.8, 4) is 0 Å². The van der Waals surface area contributed by atoms with E-state index >= 15 is 0 Å². The molecule has 0 saturated carbocycles. The molecular formula is C37H44N4O7S2. The predicted molar refractivity (Wildman–Crippen MR) is 195 cm³/mol. The summed E-state index contributed by atoms with van der Waals surface area (Å²) in [7, 11) is -4.79. The van der Waals surface area contributed by atoms with E-state index in [9.17, 15) is 27.3 Å². The summed E-state index contributed by atoms with van der Waals surface area (Å²) in [6, 6.07) is 28.5. The Hall–Kier alpha value is -4.56. The predicted octanol–water partition coefficient (Wildman–Crippen LogP) is 4.97. The molecule has 3 atom stereocenters. The second-order valence-electron chi connectivity index (χ2n) is 12.1. The third-order valence-electron chi connectivity index (χ3n) is 8.16. The minimum atomic E-state index is -4.11. The van der Waals surface area contributed by atoms with Gasteiger partial charge >= 0.3 is 6.09 Å². The summed E-state index contributed by atoms with van der Waals surface area (Å²) in [4.78, 5) is 27.0. The highest BCUT2D eigenvalue weighted by Crippen LogP contribution is 2.30. The highest BCUT2D eigenvalue weighted by molar-refractivity contribution is 7.89. The van der Waals surface area contributed by atoms with Crippen molar-refractivity contribution in [2.75, 3.05) is 37.1 Å².